The van der Waals surface area contributed by atoms with Crippen molar-refractivity contribution in [3.63, 3.8) is 0 Å². The standard InChI is InChI=1S/C19H18N4OS2/c1-12-7-13(2)23(22-12)17(15-5-6-25-10-15)9-20-19(24)14-3-4-16-18(8-14)26-11-21-16/h3-8,10-11,17H,9H2,1-2H3,(H,20,24)/t17-/m1/s1. The lowest BCUT2D eigenvalue weighted by Gasteiger charge is -2.19. The van der Waals surface area contributed by atoms with E-state index in [0.717, 1.165) is 27.2 Å². The van der Waals surface area contributed by atoms with E-state index in [4.69, 9.17) is 0 Å². The summed E-state index contributed by atoms with van der Waals surface area (Å²) < 4.78 is 3.01. The molecule has 132 valence electrons. The van der Waals surface area contributed by atoms with Gasteiger partial charge in [0, 0.05) is 17.8 Å². The zero-order valence-corrected chi connectivity index (χ0v) is 16.1. The van der Waals surface area contributed by atoms with Crippen molar-refractivity contribution in [3.8, 4) is 0 Å². The normalized spacial score (nSPS) is 12.4. The monoisotopic (exact) mass is 382 g/mol. The van der Waals surface area contributed by atoms with Crippen LogP contribution in [0.3, 0.4) is 0 Å². The molecule has 3 aromatic heterocycles. The molecule has 0 fully saturated rings. The first-order chi connectivity index (χ1) is 12.6. The number of aromatic nitrogens is 3. The fourth-order valence-corrected chi connectivity index (χ4v) is 4.48. The Morgan fingerprint density at radius 1 is 1.27 bits per heavy atom. The van der Waals surface area contributed by atoms with Gasteiger partial charge in [0.1, 0.15) is 0 Å². The van der Waals surface area contributed by atoms with Crippen LogP contribution in [-0.2, 0) is 0 Å². The summed E-state index contributed by atoms with van der Waals surface area (Å²) in [6.07, 6.45) is 0. The number of carbonyl (C=O) groups is 1. The van der Waals surface area contributed by atoms with E-state index in [2.05, 4.69) is 32.9 Å². The van der Waals surface area contributed by atoms with Gasteiger partial charge in [-0.25, -0.2) is 4.98 Å². The zero-order chi connectivity index (χ0) is 18.1. The van der Waals surface area contributed by atoms with Crippen molar-refractivity contribution in [2.75, 3.05) is 6.54 Å². The van der Waals surface area contributed by atoms with E-state index in [9.17, 15) is 4.79 Å². The van der Waals surface area contributed by atoms with Gasteiger partial charge in [-0.3, -0.25) is 9.48 Å². The highest BCUT2D eigenvalue weighted by atomic mass is 32.1. The second kappa shape index (κ2) is 7.01. The highest BCUT2D eigenvalue weighted by Crippen LogP contribution is 2.23. The van der Waals surface area contributed by atoms with E-state index in [-0.39, 0.29) is 11.9 Å². The van der Waals surface area contributed by atoms with Crippen molar-refractivity contribution in [2.45, 2.75) is 19.9 Å². The van der Waals surface area contributed by atoms with Crippen LogP contribution < -0.4 is 5.32 Å². The number of amides is 1. The van der Waals surface area contributed by atoms with Crippen molar-refractivity contribution in [1.29, 1.82) is 0 Å². The van der Waals surface area contributed by atoms with E-state index < -0.39 is 0 Å². The average molecular weight is 383 g/mol. The largest absolute Gasteiger partial charge is 0.350 e. The van der Waals surface area contributed by atoms with Gasteiger partial charge in [-0.1, -0.05) is 0 Å². The lowest BCUT2D eigenvalue weighted by molar-refractivity contribution is 0.0949. The van der Waals surface area contributed by atoms with Crippen LogP contribution in [0.2, 0.25) is 0 Å². The summed E-state index contributed by atoms with van der Waals surface area (Å²) >= 11 is 3.19. The molecule has 1 atom stereocenters. The maximum Gasteiger partial charge on any atom is 0.251 e. The summed E-state index contributed by atoms with van der Waals surface area (Å²) in [5.74, 6) is -0.0814. The molecular weight excluding hydrogens is 364 g/mol. The van der Waals surface area contributed by atoms with Crippen LogP contribution in [-0.4, -0.2) is 27.2 Å². The molecule has 0 aliphatic carbocycles. The molecule has 0 radical (unpaired) electrons. The molecule has 1 aromatic carbocycles. The minimum Gasteiger partial charge on any atom is -0.350 e. The Bertz CT molecular complexity index is 1050. The highest BCUT2D eigenvalue weighted by molar-refractivity contribution is 7.16. The fraction of sp³-hybridized carbons (Fsp3) is 0.211. The van der Waals surface area contributed by atoms with Crippen molar-refractivity contribution >= 4 is 38.8 Å². The number of rotatable bonds is 5. The van der Waals surface area contributed by atoms with Gasteiger partial charge in [0.2, 0.25) is 0 Å². The molecule has 1 amide bonds. The summed E-state index contributed by atoms with van der Waals surface area (Å²) in [7, 11) is 0. The van der Waals surface area contributed by atoms with Gasteiger partial charge in [0.15, 0.2) is 0 Å². The number of nitrogens with zero attached hydrogens (tertiary/aromatic N) is 3. The molecule has 0 aliphatic rings. The molecule has 26 heavy (non-hydrogen) atoms. The maximum atomic E-state index is 12.7. The molecule has 0 unspecified atom stereocenters. The SMILES string of the molecule is Cc1cc(C)n([C@H](CNC(=O)c2ccc3ncsc3c2)c2ccsc2)n1. The van der Waals surface area contributed by atoms with Crippen molar-refractivity contribution in [3.05, 3.63) is 69.1 Å². The lowest BCUT2D eigenvalue weighted by atomic mass is 10.1. The van der Waals surface area contributed by atoms with E-state index in [1.807, 2.05) is 42.1 Å². The van der Waals surface area contributed by atoms with Crippen molar-refractivity contribution < 1.29 is 4.79 Å². The molecule has 4 aromatic rings. The molecule has 0 spiro atoms. The van der Waals surface area contributed by atoms with Crippen LogP contribution in [0.25, 0.3) is 10.2 Å². The first-order valence-corrected chi connectivity index (χ1v) is 10.1. The first kappa shape index (κ1) is 16.9. The molecule has 7 heteroatoms. The molecule has 5 nitrogen and oxygen atoms in total. The molecule has 0 aliphatic heterocycles. The Labute approximate surface area is 159 Å². The average Bonchev–Trinajstić information content (AvgIpc) is 3.36. The number of thiazole rings is 1. The highest BCUT2D eigenvalue weighted by Gasteiger charge is 2.19. The second-order valence-corrected chi connectivity index (χ2v) is 7.86. The Hall–Kier alpha value is -2.51. The van der Waals surface area contributed by atoms with Crippen molar-refractivity contribution in [1.82, 2.24) is 20.1 Å². The number of aryl methyl sites for hydroxylation is 2. The van der Waals surface area contributed by atoms with Crippen LogP contribution >= 0.6 is 22.7 Å². The van der Waals surface area contributed by atoms with Gasteiger partial charge in [0.25, 0.3) is 5.91 Å². The summed E-state index contributed by atoms with van der Waals surface area (Å²) in [6.45, 7) is 4.51. The van der Waals surface area contributed by atoms with Gasteiger partial charge in [-0.2, -0.15) is 16.4 Å². The number of carbonyl (C=O) groups excluding carboxylic acids is 1. The minimum absolute atomic E-state index is 0.0222. The van der Waals surface area contributed by atoms with Gasteiger partial charge < -0.3 is 5.32 Å². The number of benzene rings is 1. The quantitative estimate of drug-likeness (QED) is 0.563. The third-order valence-corrected chi connectivity index (χ3v) is 5.81. The summed E-state index contributed by atoms with van der Waals surface area (Å²) in [5, 5.41) is 11.8. The fourth-order valence-electron chi connectivity index (χ4n) is 3.06. The molecule has 0 saturated carbocycles. The predicted molar refractivity (Wildman–Crippen MR) is 106 cm³/mol. The minimum atomic E-state index is -0.0814. The second-order valence-electron chi connectivity index (χ2n) is 6.19. The number of nitrogens with one attached hydrogen (secondary N) is 1. The summed E-state index contributed by atoms with van der Waals surface area (Å²) in [4.78, 5) is 16.9. The topological polar surface area (TPSA) is 59.8 Å². The van der Waals surface area contributed by atoms with Gasteiger partial charge in [0.05, 0.1) is 27.5 Å². The van der Waals surface area contributed by atoms with E-state index in [0.29, 0.717) is 12.1 Å². The Morgan fingerprint density at radius 2 is 2.15 bits per heavy atom. The molecule has 1 N–H and O–H groups in total. The van der Waals surface area contributed by atoms with Crippen molar-refractivity contribution in [2.24, 2.45) is 0 Å². The van der Waals surface area contributed by atoms with Crippen LogP contribution in [0, 0.1) is 13.8 Å². The predicted octanol–water partition coefficient (Wildman–Crippen LogP) is 4.19. The first-order valence-electron chi connectivity index (χ1n) is 8.28. The molecule has 3 heterocycles. The molecule has 4 rings (SSSR count). The number of hydrogen-bond donors (Lipinski definition) is 1. The lowest BCUT2D eigenvalue weighted by Crippen LogP contribution is -2.32. The number of hydrogen-bond acceptors (Lipinski definition) is 5. The van der Waals surface area contributed by atoms with Gasteiger partial charge >= 0.3 is 0 Å². The third kappa shape index (κ3) is 3.27. The van der Waals surface area contributed by atoms with Crippen LogP contribution in [0.4, 0.5) is 0 Å². The van der Waals surface area contributed by atoms with Gasteiger partial charge in [-0.05, 0) is 60.5 Å². The summed E-state index contributed by atoms with van der Waals surface area (Å²) in [6, 6.07) is 9.72. The Morgan fingerprint density at radius 3 is 2.88 bits per heavy atom. The maximum absolute atomic E-state index is 12.7. The van der Waals surface area contributed by atoms with E-state index in [1.54, 1.807) is 16.8 Å². The molecular formula is C19H18N4OS2. The molecule has 0 bridgehead atoms. The Balaban J connectivity index is 1.56. The van der Waals surface area contributed by atoms with Crippen LogP contribution in [0.15, 0.2) is 46.6 Å². The number of fused-ring (bicyclic) bond motifs is 1. The van der Waals surface area contributed by atoms with E-state index in [1.165, 1.54) is 11.3 Å². The van der Waals surface area contributed by atoms with Crippen LogP contribution in [0.1, 0.15) is 33.4 Å². The van der Waals surface area contributed by atoms with Crippen LogP contribution in [0.5, 0.6) is 0 Å². The Kier molecular flexibility index (Phi) is 4.57. The zero-order valence-electron chi connectivity index (χ0n) is 14.5. The number of thiophene rings is 1. The van der Waals surface area contributed by atoms with E-state index >= 15 is 0 Å². The smallest absolute Gasteiger partial charge is 0.251 e. The van der Waals surface area contributed by atoms with Gasteiger partial charge in [-0.15, -0.1) is 11.3 Å². The third-order valence-electron chi connectivity index (χ3n) is 4.32. The summed E-state index contributed by atoms with van der Waals surface area (Å²) in [5.41, 5.74) is 6.58. The molecule has 0 saturated heterocycles.